The van der Waals surface area contributed by atoms with Gasteiger partial charge in [0.25, 0.3) is 0 Å². The first-order valence-corrected chi connectivity index (χ1v) is 38.6. The van der Waals surface area contributed by atoms with Crippen molar-refractivity contribution >= 4 is 105 Å². The van der Waals surface area contributed by atoms with Gasteiger partial charge in [-0.1, -0.05) is 168 Å². The molecule has 1 heterocycles. The SMILES string of the molecule is CCS(C)(C#Cc1c2ccccc2c(C#CS(C)(C)C2CCCCC2)c2c1ccc1nc3c(ccc4c(C#CS(C)(C)C5CCCCC5)c5ccccc5c(C#CS(C)(C)C5CCCCC5)c43)nc12)C1CCCCC1. The minimum atomic E-state index is -1.20. The first-order valence-electron chi connectivity index (χ1n) is 28.7. The molecule has 1 atom stereocenters. The Bertz CT molecular complexity index is 3610. The number of hydrogen-bond donors (Lipinski definition) is 0. The van der Waals surface area contributed by atoms with Crippen LogP contribution in [0.15, 0.2) is 72.8 Å². The summed E-state index contributed by atoms with van der Waals surface area (Å²) < 4.78 is 0. The predicted octanol–water partition coefficient (Wildman–Crippen LogP) is 18.6. The molecule has 6 aromatic carbocycles. The first kappa shape index (κ1) is 52.6. The minimum Gasteiger partial charge on any atom is -0.244 e. The number of nitrogens with zero attached hydrogens (tertiary/aromatic N) is 2. The maximum absolute atomic E-state index is 5.84. The van der Waals surface area contributed by atoms with Gasteiger partial charge in [-0.3, -0.25) is 0 Å². The maximum Gasteiger partial charge on any atom is 0.0986 e. The van der Waals surface area contributed by atoms with E-state index >= 15 is 0 Å². The highest BCUT2D eigenvalue weighted by molar-refractivity contribution is 8.38. The van der Waals surface area contributed by atoms with Crippen molar-refractivity contribution in [1.29, 1.82) is 0 Å². The zero-order chi connectivity index (χ0) is 52.0. The van der Waals surface area contributed by atoms with Crippen LogP contribution in [0.5, 0.6) is 0 Å². The number of aromatic nitrogens is 2. The van der Waals surface area contributed by atoms with Gasteiger partial charge in [0, 0.05) is 43.8 Å². The Morgan fingerprint density at radius 3 is 1.01 bits per heavy atom. The summed E-state index contributed by atoms with van der Waals surface area (Å²) in [4.78, 5) is 11.7. The van der Waals surface area contributed by atoms with Crippen LogP contribution >= 0.6 is 40.1 Å². The van der Waals surface area contributed by atoms with Crippen LogP contribution in [-0.2, 0) is 0 Å². The van der Waals surface area contributed by atoms with Crippen molar-refractivity contribution < 1.29 is 0 Å². The van der Waals surface area contributed by atoms with Gasteiger partial charge in [0.1, 0.15) is 0 Å². The Balaban J connectivity index is 1.20. The molecule has 0 N–H and O–H groups in total. The Hall–Kier alpha value is -4.40. The van der Waals surface area contributed by atoms with Gasteiger partial charge in [0.15, 0.2) is 0 Å². The molecule has 75 heavy (non-hydrogen) atoms. The van der Waals surface area contributed by atoms with Crippen LogP contribution in [0.3, 0.4) is 0 Å². The van der Waals surface area contributed by atoms with E-state index in [-0.39, 0.29) is 0 Å². The van der Waals surface area contributed by atoms with Crippen molar-refractivity contribution in [2.45, 2.75) is 156 Å². The Labute approximate surface area is 457 Å². The molecule has 4 aliphatic rings. The molecule has 6 heteroatoms. The van der Waals surface area contributed by atoms with E-state index in [1.54, 1.807) is 0 Å². The molecule has 2 nitrogen and oxygen atoms in total. The van der Waals surface area contributed by atoms with Gasteiger partial charge in [-0.05, 0) is 177 Å². The minimum absolute atomic E-state index is 0.669. The Morgan fingerprint density at radius 1 is 0.360 bits per heavy atom. The summed E-state index contributed by atoms with van der Waals surface area (Å²) in [6.07, 6.45) is 43.7. The van der Waals surface area contributed by atoms with E-state index in [1.807, 2.05) is 0 Å². The third-order valence-electron chi connectivity index (χ3n) is 18.5. The van der Waals surface area contributed by atoms with E-state index < -0.39 is 40.1 Å². The second-order valence-electron chi connectivity index (χ2n) is 24.1. The van der Waals surface area contributed by atoms with Crippen molar-refractivity contribution in [1.82, 2.24) is 9.97 Å². The molecular weight excluding hydrogens is 985 g/mol. The lowest BCUT2D eigenvalue weighted by Crippen LogP contribution is -2.21. The lowest BCUT2D eigenvalue weighted by atomic mass is 9.90. The van der Waals surface area contributed by atoms with Crippen LogP contribution in [0.25, 0.3) is 65.2 Å². The molecule has 4 saturated carbocycles. The molecule has 4 fully saturated rings. The van der Waals surface area contributed by atoms with E-state index in [0.29, 0.717) is 21.0 Å². The average Bonchev–Trinajstić information content (AvgIpc) is 3.45. The molecule has 11 rings (SSSR count). The fraction of sp³-hybridized carbons (Fsp3) is 0.478. The number of rotatable bonds is 5. The second-order valence-corrected chi connectivity index (χ2v) is 38.9. The van der Waals surface area contributed by atoms with Gasteiger partial charge in [0.05, 0.1) is 22.1 Å². The largest absolute Gasteiger partial charge is 0.244 e. The van der Waals surface area contributed by atoms with Gasteiger partial charge >= 0.3 is 0 Å². The number of hydrogen-bond acceptors (Lipinski definition) is 2. The summed E-state index contributed by atoms with van der Waals surface area (Å²) in [5.41, 5.74) is 7.97. The first-order chi connectivity index (χ1) is 36.3. The zero-order valence-corrected chi connectivity index (χ0v) is 49.9. The second kappa shape index (κ2) is 21.8. The zero-order valence-electron chi connectivity index (χ0n) is 46.6. The molecule has 0 saturated heterocycles. The molecule has 0 bridgehead atoms. The van der Waals surface area contributed by atoms with Gasteiger partial charge in [-0.2, -0.15) is 40.1 Å². The fourth-order valence-corrected chi connectivity index (χ4v) is 22.2. The van der Waals surface area contributed by atoms with E-state index in [0.717, 1.165) is 71.6 Å². The predicted molar refractivity (Wildman–Crippen MR) is 344 cm³/mol. The highest BCUT2D eigenvalue weighted by Crippen LogP contribution is 2.55. The molecule has 0 aliphatic heterocycles. The van der Waals surface area contributed by atoms with Crippen molar-refractivity contribution in [2.75, 3.05) is 49.5 Å². The smallest absolute Gasteiger partial charge is 0.0986 e. The fourth-order valence-electron chi connectivity index (χ4n) is 13.6. The van der Waals surface area contributed by atoms with Gasteiger partial charge in [-0.25, -0.2) is 9.97 Å². The monoisotopic (exact) mass is 1070 g/mol. The topological polar surface area (TPSA) is 25.8 Å². The molecule has 0 radical (unpaired) electrons. The summed E-state index contributed by atoms with van der Waals surface area (Å²) in [6, 6.07) is 27.1. The van der Waals surface area contributed by atoms with Gasteiger partial charge in [0.2, 0.25) is 0 Å². The quantitative estimate of drug-likeness (QED) is 0.0975. The van der Waals surface area contributed by atoms with E-state index in [4.69, 9.17) is 9.97 Å². The van der Waals surface area contributed by atoms with Crippen molar-refractivity contribution in [2.24, 2.45) is 0 Å². The number of fused-ring (bicyclic) bond motifs is 8. The van der Waals surface area contributed by atoms with Crippen molar-refractivity contribution in [3.63, 3.8) is 0 Å². The Kier molecular flexibility index (Phi) is 15.3. The molecule has 4 aliphatic carbocycles. The molecule has 0 amide bonds. The molecule has 7 aromatic rings. The lowest BCUT2D eigenvalue weighted by Gasteiger charge is -2.40. The average molecular weight is 1070 g/mol. The summed E-state index contributed by atoms with van der Waals surface area (Å²) in [7, 11) is -4.71. The van der Waals surface area contributed by atoms with Crippen molar-refractivity contribution in [3.05, 3.63) is 95.1 Å². The molecule has 1 aromatic heterocycles. The normalized spacial score (nSPS) is 19.8. The molecule has 0 spiro atoms. The molecular formula is C69H82N2S4. The summed E-state index contributed by atoms with van der Waals surface area (Å²) in [5, 5.41) is 28.1. The number of benzene rings is 6. The summed E-state index contributed by atoms with van der Waals surface area (Å²) in [6.45, 7) is 2.38. The van der Waals surface area contributed by atoms with Gasteiger partial charge in [-0.15, -0.1) is 0 Å². The van der Waals surface area contributed by atoms with Crippen LogP contribution in [0, 0.1) is 44.7 Å². The molecule has 392 valence electrons. The van der Waals surface area contributed by atoms with Crippen LogP contribution in [-0.4, -0.2) is 80.5 Å². The third kappa shape index (κ3) is 10.4. The van der Waals surface area contributed by atoms with Crippen LogP contribution in [0.4, 0.5) is 0 Å². The lowest BCUT2D eigenvalue weighted by molar-refractivity contribution is 0.513. The van der Waals surface area contributed by atoms with E-state index in [9.17, 15) is 0 Å². The highest BCUT2D eigenvalue weighted by atomic mass is 32.3. The van der Waals surface area contributed by atoms with E-state index in [1.165, 1.54) is 150 Å². The van der Waals surface area contributed by atoms with E-state index in [2.05, 4.69) is 168 Å². The van der Waals surface area contributed by atoms with Crippen LogP contribution in [0.2, 0.25) is 0 Å². The summed E-state index contributed by atoms with van der Waals surface area (Å²) >= 11 is 0. The Morgan fingerprint density at radius 2 is 0.667 bits per heavy atom. The maximum atomic E-state index is 5.84. The van der Waals surface area contributed by atoms with Crippen molar-refractivity contribution in [3.8, 4) is 44.7 Å². The third-order valence-corrected chi connectivity index (χ3v) is 30.5. The summed E-state index contributed by atoms with van der Waals surface area (Å²) in [5.74, 6) is 17.0. The van der Waals surface area contributed by atoms with Crippen LogP contribution in [0.1, 0.15) is 158 Å². The highest BCUT2D eigenvalue weighted by Gasteiger charge is 2.30. The van der Waals surface area contributed by atoms with Crippen LogP contribution < -0.4 is 0 Å². The molecule has 1 unspecified atom stereocenters. The van der Waals surface area contributed by atoms with Gasteiger partial charge < -0.3 is 0 Å². The standard InChI is InChI=1S/C69H82N2S4/c1-9-75(8,53-32-20-13-21-33-53)49-45-59-55-35-23-25-37-57(55)63(44-48-74(6,7)52-30-18-12-19-31-52)67-61(59)39-41-65-69(67)71-64-40-38-60-58(42-46-72(2,3)50-26-14-10-15-27-50)54-34-22-24-36-56(54)62(66(60)68(64)70-65)43-47-73(4,5)51-28-16-11-17-29-51/h22-25,34-41,50-53H,9-21,26-33H2,1-8H3.